The summed E-state index contributed by atoms with van der Waals surface area (Å²) >= 11 is 0. The average Bonchev–Trinajstić information content (AvgIpc) is 2.31. The number of phenolic OH excluding ortho intramolecular Hbond substituents is 1. The van der Waals surface area contributed by atoms with Gasteiger partial charge in [-0.15, -0.1) is 0 Å². The molecular formula is C15H24O. The SMILES string of the molecule is CCC(C)(CC)C(C)Cc1ccc(O)cc1. The van der Waals surface area contributed by atoms with Gasteiger partial charge in [0, 0.05) is 0 Å². The van der Waals surface area contributed by atoms with Gasteiger partial charge in [0.15, 0.2) is 0 Å². The van der Waals surface area contributed by atoms with Gasteiger partial charge in [0.25, 0.3) is 0 Å². The van der Waals surface area contributed by atoms with Gasteiger partial charge in [-0.25, -0.2) is 0 Å². The Morgan fingerprint density at radius 1 is 1.12 bits per heavy atom. The molecule has 1 rings (SSSR count). The minimum Gasteiger partial charge on any atom is -0.508 e. The molecule has 1 N–H and O–H groups in total. The Bertz CT molecular complexity index is 309. The zero-order valence-electron chi connectivity index (χ0n) is 11.0. The molecule has 16 heavy (non-hydrogen) atoms. The van der Waals surface area contributed by atoms with Gasteiger partial charge in [-0.1, -0.05) is 52.7 Å². The van der Waals surface area contributed by atoms with E-state index >= 15 is 0 Å². The molecule has 0 aromatic heterocycles. The van der Waals surface area contributed by atoms with Crippen LogP contribution < -0.4 is 0 Å². The highest BCUT2D eigenvalue weighted by Gasteiger charge is 2.27. The molecular weight excluding hydrogens is 196 g/mol. The molecule has 1 aromatic rings. The van der Waals surface area contributed by atoms with E-state index in [-0.39, 0.29) is 0 Å². The average molecular weight is 220 g/mol. The van der Waals surface area contributed by atoms with Gasteiger partial charge in [0.05, 0.1) is 0 Å². The maximum Gasteiger partial charge on any atom is 0.115 e. The largest absolute Gasteiger partial charge is 0.508 e. The van der Waals surface area contributed by atoms with Gasteiger partial charge in [0.1, 0.15) is 5.75 Å². The van der Waals surface area contributed by atoms with Crippen molar-refractivity contribution in [2.75, 3.05) is 0 Å². The van der Waals surface area contributed by atoms with Crippen LogP contribution in [0.3, 0.4) is 0 Å². The first-order valence-corrected chi connectivity index (χ1v) is 6.29. The Morgan fingerprint density at radius 3 is 2.06 bits per heavy atom. The van der Waals surface area contributed by atoms with Crippen molar-refractivity contribution in [2.45, 2.75) is 47.0 Å². The number of phenols is 1. The summed E-state index contributed by atoms with van der Waals surface area (Å²) in [6, 6.07) is 7.60. The molecule has 1 atom stereocenters. The maximum absolute atomic E-state index is 9.24. The fourth-order valence-corrected chi connectivity index (χ4v) is 2.18. The van der Waals surface area contributed by atoms with E-state index in [1.54, 1.807) is 12.1 Å². The zero-order valence-corrected chi connectivity index (χ0v) is 11.0. The Balaban J connectivity index is 2.70. The Morgan fingerprint density at radius 2 is 1.62 bits per heavy atom. The van der Waals surface area contributed by atoms with Crippen LogP contribution in [0, 0.1) is 11.3 Å². The summed E-state index contributed by atoms with van der Waals surface area (Å²) in [6.07, 6.45) is 3.55. The van der Waals surface area contributed by atoms with Crippen molar-refractivity contribution in [3.63, 3.8) is 0 Å². The fraction of sp³-hybridized carbons (Fsp3) is 0.600. The van der Waals surface area contributed by atoms with E-state index in [4.69, 9.17) is 0 Å². The molecule has 1 heteroatoms. The van der Waals surface area contributed by atoms with Gasteiger partial charge in [-0.05, 0) is 35.4 Å². The van der Waals surface area contributed by atoms with Crippen LogP contribution in [0.1, 0.15) is 46.1 Å². The first-order chi connectivity index (χ1) is 7.51. The Hall–Kier alpha value is -0.980. The highest BCUT2D eigenvalue weighted by atomic mass is 16.3. The fourth-order valence-electron chi connectivity index (χ4n) is 2.18. The van der Waals surface area contributed by atoms with E-state index in [1.807, 2.05) is 12.1 Å². The van der Waals surface area contributed by atoms with Crippen LogP contribution in [0.2, 0.25) is 0 Å². The minimum absolute atomic E-state index is 0.352. The molecule has 1 unspecified atom stereocenters. The molecule has 90 valence electrons. The molecule has 0 amide bonds. The maximum atomic E-state index is 9.24. The van der Waals surface area contributed by atoms with Crippen LogP contribution >= 0.6 is 0 Å². The summed E-state index contributed by atoms with van der Waals surface area (Å²) in [5.41, 5.74) is 1.75. The van der Waals surface area contributed by atoms with Gasteiger partial charge < -0.3 is 5.11 Å². The van der Waals surface area contributed by atoms with Gasteiger partial charge >= 0.3 is 0 Å². The molecule has 1 nitrogen and oxygen atoms in total. The van der Waals surface area contributed by atoms with Crippen molar-refractivity contribution in [2.24, 2.45) is 11.3 Å². The van der Waals surface area contributed by atoms with E-state index in [9.17, 15) is 5.11 Å². The minimum atomic E-state index is 0.352. The first kappa shape index (κ1) is 13.1. The van der Waals surface area contributed by atoms with Gasteiger partial charge in [-0.2, -0.15) is 0 Å². The second-order valence-electron chi connectivity index (χ2n) is 5.13. The van der Waals surface area contributed by atoms with Crippen molar-refractivity contribution in [1.82, 2.24) is 0 Å². The molecule has 0 aliphatic carbocycles. The molecule has 0 spiro atoms. The third-order valence-corrected chi connectivity index (χ3v) is 4.28. The molecule has 0 fully saturated rings. The summed E-state index contributed by atoms with van der Waals surface area (Å²) in [7, 11) is 0. The molecule has 0 heterocycles. The summed E-state index contributed by atoms with van der Waals surface area (Å²) in [5.74, 6) is 1.03. The van der Waals surface area contributed by atoms with Crippen molar-refractivity contribution >= 4 is 0 Å². The second kappa shape index (κ2) is 5.38. The van der Waals surface area contributed by atoms with E-state index in [1.165, 1.54) is 18.4 Å². The van der Waals surface area contributed by atoms with Crippen molar-refractivity contribution in [1.29, 1.82) is 0 Å². The van der Waals surface area contributed by atoms with Crippen LogP contribution in [-0.2, 0) is 6.42 Å². The highest BCUT2D eigenvalue weighted by Crippen LogP contribution is 2.36. The summed E-state index contributed by atoms with van der Waals surface area (Å²) < 4.78 is 0. The lowest BCUT2D eigenvalue weighted by molar-refractivity contribution is 0.183. The van der Waals surface area contributed by atoms with Crippen molar-refractivity contribution in [3.05, 3.63) is 29.8 Å². The van der Waals surface area contributed by atoms with Crippen molar-refractivity contribution < 1.29 is 5.11 Å². The van der Waals surface area contributed by atoms with E-state index in [0.29, 0.717) is 17.1 Å². The monoisotopic (exact) mass is 220 g/mol. The van der Waals surface area contributed by atoms with Crippen molar-refractivity contribution in [3.8, 4) is 5.75 Å². The number of hydrogen-bond acceptors (Lipinski definition) is 1. The predicted octanol–water partition coefficient (Wildman–Crippen LogP) is 4.40. The summed E-state index contributed by atoms with van der Waals surface area (Å²) in [6.45, 7) is 9.26. The predicted molar refractivity (Wildman–Crippen MR) is 69.7 cm³/mol. The van der Waals surface area contributed by atoms with Crippen LogP contribution in [0.5, 0.6) is 5.75 Å². The molecule has 0 radical (unpaired) electrons. The third-order valence-electron chi connectivity index (χ3n) is 4.28. The standard InChI is InChI=1S/C15H24O/c1-5-15(4,6-2)12(3)11-13-7-9-14(16)10-8-13/h7-10,12,16H,5-6,11H2,1-4H3. The van der Waals surface area contributed by atoms with Crippen LogP contribution in [0.25, 0.3) is 0 Å². The molecule has 0 saturated carbocycles. The lowest BCUT2D eigenvalue weighted by atomic mass is 9.71. The molecule has 0 bridgehead atoms. The highest BCUT2D eigenvalue weighted by molar-refractivity contribution is 5.26. The lowest BCUT2D eigenvalue weighted by Gasteiger charge is -2.34. The molecule has 1 aromatic carbocycles. The van der Waals surface area contributed by atoms with Crippen LogP contribution in [-0.4, -0.2) is 5.11 Å². The number of rotatable bonds is 5. The number of benzene rings is 1. The second-order valence-corrected chi connectivity index (χ2v) is 5.13. The molecule has 0 aliphatic heterocycles. The Kier molecular flexibility index (Phi) is 4.40. The molecule has 0 saturated heterocycles. The first-order valence-electron chi connectivity index (χ1n) is 6.29. The Labute approximate surface area is 99.5 Å². The number of hydrogen-bond donors (Lipinski definition) is 1. The normalized spacial score (nSPS) is 13.8. The van der Waals surface area contributed by atoms with E-state index in [0.717, 1.165) is 6.42 Å². The zero-order chi connectivity index (χ0) is 12.2. The quantitative estimate of drug-likeness (QED) is 0.780. The smallest absolute Gasteiger partial charge is 0.115 e. The van der Waals surface area contributed by atoms with E-state index < -0.39 is 0 Å². The van der Waals surface area contributed by atoms with Gasteiger partial charge in [0.2, 0.25) is 0 Å². The van der Waals surface area contributed by atoms with Crippen LogP contribution in [0.4, 0.5) is 0 Å². The van der Waals surface area contributed by atoms with E-state index in [2.05, 4.69) is 27.7 Å². The number of aromatic hydroxyl groups is 1. The lowest BCUT2D eigenvalue weighted by Crippen LogP contribution is -2.25. The summed E-state index contributed by atoms with van der Waals surface area (Å²) in [4.78, 5) is 0. The van der Waals surface area contributed by atoms with Crippen LogP contribution in [0.15, 0.2) is 24.3 Å². The third kappa shape index (κ3) is 3.01. The topological polar surface area (TPSA) is 20.2 Å². The molecule has 0 aliphatic rings. The van der Waals surface area contributed by atoms with Gasteiger partial charge in [-0.3, -0.25) is 0 Å². The summed E-state index contributed by atoms with van der Waals surface area (Å²) in [5, 5.41) is 9.24.